The van der Waals surface area contributed by atoms with Gasteiger partial charge in [0.15, 0.2) is 0 Å². The molecule has 3 heteroatoms. The van der Waals surface area contributed by atoms with Gasteiger partial charge in [0.1, 0.15) is 5.78 Å². The second-order valence-electron chi connectivity index (χ2n) is 7.06. The maximum atomic E-state index is 12.1. The van der Waals surface area contributed by atoms with Crippen LogP contribution in [0.4, 0.5) is 0 Å². The van der Waals surface area contributed by atoms with E-state index in [2.05, 4.69) is 20.8 Å². The summed E-state index contributed by atoms with van der Waals surface area (Å²) in [6.07, 6.45) is 4.84. The lowest BCUT2D eigenvalue weighted by Gasteiger charge is -2.56. The summed E-state index contributed by atoms with van der Waals surface area (Å²) in [5.74, 6) is -0.443. The summed E-state index contributed by atoms with van der Waals surface area (Å²) in [5.41, 5.74) is 0.139. The Balaban J connectivity index is 2.33. The number of ketones is 1. The number of hydrogen-bond donors (Lipinski definition) is 1. The van der Waals surface area contributed by atoms with Crippen LogP contribution in [0.3, 0.4) is 0 Å². The molecule has 0 bridgehead atoms. The topological polar surface area (TPSA) is 54.4 Å². The number of Topliss-reactive ketones (excluding diaryl/α,β-unsaturated/α-hetero) is 1. The fourth-order valence-electron chi connectivity index (χ4n) is 4.65. The first-order valence-corrected chi connectivity index (χ1v) is 7.02. The number of carboxylic acid groups (broad SMARTS) is 1. The number of rotatable bonds is 2. The highest BCUT2D eigenvalue weighted by molar-refractivity contribution is 5.86. The van der Waals surface area contributed by atoms with Crippen molar-refractivity contribution in [3.8, 4) is 0 Å². The molecule has 2 saturated carbocycles. The molecule has 0 aromatic rings. The van der Waals surface area contributed by atoms with Gasteiger partial charge in [-0.25, -0.2) is 0 Å². The van der Waals surface area contributed by atoms with E-state index in [1.54, 1.807) is 0 Å². The molecule has 2 aliphatic rings. The van der Waals surface area contributed by atoms with Gasteiger partial charge in [0.2, 0.25) is 0 Å². The SMILES string of the molecule is CC1(C)CCC[C@]2(C)[C@@H](CC(=O)O)C(=O)CC[C@@H]12. The van der Waals surface area contributed by atoms with Crippen LogP contribution in [-0.2, 0) is 9.59 Å². The van der Waals surface area contributed by atoms with Gasteiger partial charge in [-0.1, -0.05) is 27.2 Å². The zero-order valence-corrected chi connectivity index (χ0v) is 11.7. The molecule has 0 unspecified atom stereocenters. The first-order valence-electron chi connectivity index (χ1n) is 7.02. The van der Waals surface area contributed by atoms with Crippen molar-refractivity contribution in [2.24, 2.45) is 22.7 Å². The van der Waals surface area contributed by atoms with Gasteiger partial charge in [0, 0.05) is 12.3 Å². The predicted octanol–water partition coefficient (Wildman–Crippen LogP) is 3.27. The summed E-state index contributed by atoms with van der Waals surface area (Å²) in [4.78, 5) is 23.2. The van der Waals surface area contributed by atoms with E-state index in [0.717, 1.165) is 19.3 Å². The van der Waals surface area contributed by atoms with E-state index in [1.165, 1.54) is 6.42 Å². The molecular formula is C15H24O3. The fraction of sp³-hybridized carbons (Fsp3) is 0.867. The van der Waals surface area contributed by atoms with Gasteiger partial charge in [-0.3, -0.25) is 9.59 Å². The molecule has 0 aromatic heterocycles. The Kier molecular flexibility index (Phi) is 3.28. The normalized spacial score (nSPS) is 39.2. The van der Waals surface area contributed by atoms with Crippen molar-refractivity contribution in [1.82, 2.24) is 0 Å². The quantitative estimate of drug-likeness (QED) is 0.820. The van der Waals surface area contributed by atoms with Gasteiger partial charge >= 0.3 is 5.97 Å². The Morgan fingerprint density at radius 2 is 2.00 bits per heavy atom. The van der Waals surface area contributed by atoms with Crippen LogP contribution >= 0.6 is 0 Å². The van der Waals surface area contributed by atoms with Crippen LogP contribution in [0.15, 0.2) is 0 Å². The largest absolute Gasteiger partial charge is 0.481 e. The summed E-state index contributed by atoms with van der Waals surface area (Å²) in [7, 11) is 0. The molecule has 2 rings (SSSR count). The Morgan fingerprint density at radius 3 is 2.61 bits per heavy atom. The van der Waals surface area contributed by atoms with Crippen LogP contribution in [0.5, 0.6) is 0 Å². The molecule has 0 radical (unpaired) electrons. The molecule has 0 aromatic carbocycles. The third kappa shape index (κ3) is 2.08. The van der Waals surface area contributed by atoms with Gasteiger partial charge in [-0.05, 0) is 36.0 Å². The minimum atomic E-state index is -0.835. The van der Waals surface area contributed by atoms with Gasteiger partial charge in [-0.15, -0.1) is 0 Å². The monoisotopic (exact) mass is 252 g/mol. The van der Waals surface area contributed by atoms with Gasteiger partial charge < -0.3 is 5.11 Å². The molecule has 18 heavy (non-hydrogen) atoms. The first kappa shape index (κ1) is 13.6. The number of aliphatic carboxylic acids is 1. The Labute approximate surface area is 109 Å². The summed E-state index contributed by atoms with van der Waals surface area (Å²) < 4.78 is 0. The lowest BCUT2D eigenvalue weighted by Crippen LogP contribution is -2.52. The zero-order valence-electron chi connectivity index (χ0n) is 11.7. The van der Waals surface area contributed by atoms with Gasteiger partial charge in [-0.2, -0.15) is 0 Å². The maximum Gasteiger partial charge on any atom is 0.304 e. The smallest absolute Gasteiger partial charge is 0.304 e. The molecule has 0 amide bonds. The van der Waals surface area contributed by atoms with E-state index < -0.39 is 5.97 Å². The minimum Gasteiger partial charge on any atom is -0.481 e. The van der Waals surface area contributed by atoms with Crippen LogP contribution in [0.25, 0.3) is 0 Å². The van der Waals surface area contributed by atoms with Crippen LogP contribution < -0.4 is 0 Å². The van der Waals surface area contributed by atoms with Crippen LogP contribution in [0, 0.1) is 22.7 Å². The van der Waals surface area contributed by atoms with Crippen LogP contribution in [0.2, 0.25) is 0 Å². The van der Waals surface area contributed by atoms with E-state index in [1.807, 2.05) is 0 Å². The molecule has 2 fully saturated rings. The number of carboxylic acids is 1. The van der Waals surface area contributed by atoms with Crippen LogP contribution in [0.1, 0.15) is 59.3 Å². The van der Waals surface area contributed by atoms with Crippen molar-refractivity contribution in [3.05, 3.63) is 0 Å². The fourth-order valence-corrected chi connectivity index (χ4v) is 4.65. The second kappa shape index (κ2) is 4.36. The molecule has 3 atom stereocenters. The van der Waals surface area contributed by atoms with E-state index in [0.29, 0.717) is 12.3 Å². The van der Waals surface area contributed by atoms with E-state index in [9.17, 15) is 9.59 Å². The third-order valence-electron chi connectivity index (χ3n) is 5.52. The number of carbonyl (C=O) groups excluding carboxylic acids is 1. The molecule has 102 valence electrons. The summed E-state index contributed by atoms with van der Waals surface area (Å²) in [6, 6.07) is 0. The molecule has 1 N–H and O–H groups in total. The molecule has 0 heterocycles. The number of carbonyl (C=O) groups is 2. The summed E-state index contributed by atoms with van der Waals surface area (Å²) in [6.45, 7) is 6.72. The van der Waals surface area contributed by atoms with Crippen molar-refractivity contribution in [2.75, 3.05) is 0 Å². The number of hydrogen-bond acceptors (Lipinski definition) is 2. The van der Waals surface area contributed by atoms with Crippen molar-refractivity contribution < 1.29 is 14.7 Å². The molecule has 0 spiro atoms. The van der Waals surface area contributed by atoms with Crippen molar-refractivity contribution in [1.29, 1.82) is 0 Å². The standard InChI is InChI=1S/C15H24O3/c1-14(2)7-4-8-15(3)10(9-13(17)18)11(16)5-6-12(14)15/h10,12H,4-9H2,1-3H3,(H,17,18)/t10-,12-,15+/m0/s1. The van der Waals surface area contributed by atoms with Gasteiger partial charge in [0.25, 0.3) is 0 Å². The van der Waals surface area contributed by atoms with Gasteiger partial charge in [0.05, 0.1) is 6.42 Å². The van der Waals surface area contributed by atoms with Crippen molar-refractivity contribution in [3.63, 3.8) is 0 Å². The molecule has 0 saturated heterocycles. The highest BCUT2D eigenvalue weighted by atomic mass is 16.4. The molecule has 3 nitrogen and oxygen atoms in total. The Hall–Kier alpha value is -0.860. The molecule has 2 aliphatic carbocycles. The molecular weight excluding hydrogens is 228 g/mol. The highest BCUT2D eigenvalue weighted by Crippen LogP contribution is 2.59. The minimum absolute atomic E-state index is 0.0158. The Bertz CT molecular complexity index is 372. The van der Waals surface area contributed by atoms with E-state index in [4.69, 9.17) is 5.11 Å². The average molecular weight is 252 g/mol. The average Bonchev–Trinajstić information content (AvgIpc) is 2.22. The number of fused-ring (bicyclic) bond motifs is 1. The van der Waals surface area contributed by atoms with E-state index in [-0.39, 0.29) is 29.0 Å². The molecule has 0 aliphatic heterocycles. The van der Waals surface area contributed by atoms with E-state index >= 15 is 0 Å². The summed E-state index contributed by atoms with van der Waals surface area (Å²) >= 11 is 0. The highest BCUT2D eigenvalue weighted by Gasteiger charge is 2.54. The lowest BCUT2D eigenvalue weighted by atomic mass is 9.48. The predicted molar refractivity (Wildman–Crippen MR) is 69.2 cm³/mol. The van der Waals surface area contributed by atoms with Crippen LogP contribution in [-0.4, -0.2) is 16.9 Å². The lowest BCUT2D eigenvalue weighted by molar-refractivity contribution is -0.153. The third-order valence-corrected chi connectivity index (χ3v) is 5.52. The second-order valence-corrected chi connectivity index (χ2v) is 7.06. The summed E-state index contributed by atoms with van der Waals surface area (Å²) in [5, 5.41) is 9.07. The first-order chi connectivity index (χ1) is 8.27. The van der Waals surface area contributed by atoms with Crippen molar-refractivity contribution in [2.45, 2.75) is 59.3 Å². The Morgan fingerprint density at radius 1 is 1.33 bits per heavy atom. The maximum absolute atomic E-state index is 12.1. The van der Waals surface area contributed by atoms with Crippen molar-refractivity contribution >= 4 is 11.8 Å². The zero-order chi connectivity index (χ0) is 13.6.